The molecule has 0 saturated carbocycles. The maximum Gasteiger partial charge on any atom is 0.303 e. The second kappa shape index (κ2) is 5.39. The number of carbonyl (C=O) groups is 1. The molecule has 4 heteroatoms. The Morgan fingerprint density at radius 3 is 2.29 bits per heavy atom. The number of carbonyl (C=O) groups excluding carboxylic acids is 1. The largest absolute Gasteiger partial charge is 0.450 e. The van der Waals surface area contributed by atoms with Crippen LogP contribution < -0.4 is 5.73 Å². The molecule has 0 spiro atoms. The molecule has 7 heavy (non-hydrogen) atoms. The van der Waals surface area contributed by atoms with Crippen molar-refractivity contribution >= 4 is 5.97 Å². The Morgan fingerprint density at radius 1 is 1.86 bits per heavy atom. The molecule has 0 aromatic heterocycles. The predicted octanol–water partition coefficient (Wildman–Crippen LogP) is -1.36. The van der Waals surface area contributed by atoms with E-state index in [0.29, 0.717) is 0 Å². The van der Waals surface area contributed by atoms with Crippen molar-refractivity contribution in [2.45, 2.75) is 6.92 Å². The zero-order valence-electron chi connectivity index (χ0n) is 4.10. The van der Waals surface area contributed by atoms with Gasteiger partial charge < -0.3 is 10.2 Å². The number of rotatable bonds is 1. The Kier molecular flexibility index (Phi) is 7.42. The molecule has 4 nitrogen and oxygen atoms in total. The van der Waals surface area contributed by atoms with E-state index in [-0.39, 0.29) is 18.2 Å². The summed E-state index contributed by atoms with van der Waals surface area (Å²) < 4.78 is 4.18. The lowest BCUT2D eigenvalue weighted by molar-refractivity contribution is -0.140. The number of hydrogen-bond acceptors (Lipinski definition) is 3. The third-order valence-electron chi connectivity index (χ3n) is 0.287. The Labute approximate surface area is 41.6 Å². The highest BCUT2D eigenvalue weighted by Gasteiger charge is 1.81. The molecule has 0 aromatic carbocycles. The predicted molar refractivity (Wildman–Crippen MR) is 24.4 cm³/mol. The minimum Gasteiger partial charge on any atom is -0.450 e. The summed E-state index contributed by atoms with van der Waals surface area (Å²) >= 11 is 0. The van der Waals surface area contributed by atoms with E-state index >= 15 is 0 Å². The quantitative estimate of drug-likeness (QED) is 0.332. The highest BCUT2D eigenvalue weighted by atomic mass is 16.5. The van der Waals surface area contributed by atoms with Gasteiger partial charge in [-0.1, -0.05) is 0 Å². The van der Waals surface area contributed by atoms with Gasteiger partial charge in [-0.3, -0.25) is 10.5 Å². The van der Waals surface area contributed by atoms with E-state index in [4.69, 9.17) is 5.73 Å². The fraction of sp³-hybridized carbons (Fsp3) is 0.667. The standard InChI is InChI=1S/C3H7NO2.H2O/c1-3(5)6-2-4;/h2,4H2,1H3;1H2. The van der Waals surface area contributed by atoms with E-state index < -0.39 is 0 Å². The zero-order valence-corrected chi connectivity index (χ0v) is 4.10. The molecule has 0 aromatic rings. The Hall–Kier alpha value is -0.610. The fourth-order valence-electron chi connectivity index (χ4n) is 0.117. The van der Waals surface area contributed by atoms with E-state index in [1.54, 1.807) is 0 Å². The van der Waals surface area contributed by atoms with Gasteiger partial charge >= 0.3 is 5.97 Å². The highest BCUT2D eigenvalue weighted by molar-refractivity contribution is 5.65. The van der Waals surface area contributed by atoms with Crippen LogP contribution in [0.2, 0.25) is 0 Å². The van der Waals surface area contributed by atoms with Crippen LogP contribution in [0.1, 0.15) is 6.92 Å². The van der Waals surface area contributed by atoms with Crippen molar-refractivity contribution < 1.29 is 15.0 Å². The van der Waals surface area contributed by atoms with Gasteiger partial charge in [-0.25, -0.2) is 0 Å². The minimum atomic E-state index is -0.336. The third kappa shape index (κ3) is 10.8. The second-order valence-electron chi connectivity index (χ2n) is 0.803. The summed E-state index contributed by atoms with van der Waals surface area (Å²) in [5, 5.41) is 0. The van der Waals surface area contributed by atoms with Gasteiger partial charge in [-0.15, -0.1) is 0 Å². The first-order chi connectivity index (χ1) is 2.77. The molecule has 0 atom stereocenters. The Morgan fingerprint density at radius 2 is 2.29 bits per heavy atom. The maximum atomic E-state index is 9.74. The molecule has 0 radical (unpaired) electrons. The van der Waals surface area contributed by atoms with E-state index in [9.17, 15) is 4.79 Å². The molecule has 0 aliphatic rings. The molecule has 0 bridgehead atoms. The number of ether oxygens (including phenoxy) is 1. The van der Waals surface area contributed by atoms with Crippen molar-refractivity contribution in [2.75, 3.05) is 6.73 Å². The van der Waals surface area contributed by atoms with Crippen LogP contribution in [0.5, 0.6) is 0 Å². The van der Waals surface area contributed by atoms with E-state index in [2.05, 4.69) is 4.74 Å². The Bertz CT molecular complexity index is 54.1. The van der Waals surface area contributed by atoms with Crippen molar-refractivity contribution in [1.82, 2.24) is 0 Å². The van der Waals surface area contributed by atoms with Crippen LogP contribution in [-0.4, -0.2) is 18.2 Å². The average molecular weight is 107 g/mol. The van der Waals surface area contributed by atoms with Crippen molar-refractivity contribution in [3.63, 3.8) is 0 Å². The molecule has 0 amide bonds. The molecule has 0 unspecified atom stereocenters. The second-order valence-corrected chi connectivity index (χ2v) is 0.803. The van der Waals surface area contributed by atoms with Gasteiger partial charge in [0.25, 0.3) is 0 Å². The lowest BCUT2D eigenvalue weighted by Gasteiger charge is -1.89. The SMILES string of the molecule is CC(=O)OCN.O. The Balaban J connectivity index is 0. The van der Waals surface area contributed by atoms with E-state index in [1.807, 2.05) is 0 Å². The topological polar surface area (TPSA) is 83.8 Å². The maximum absolute atomic E-state index is 9.74. The summed E-state index contributed by atoms with van der Waals surface area (Å²) in [6.07, 6.45) is 0. The van der Waals surface area contributed by atoms with Crippen molar-refractivity contribution in [1.29, 1.82) is 0 Å². The van der Waals surface area contributed by atoms with Gasteiger partial charge in [0.15, 0.2) is 0 Å². The first kappa shape index (κ1) is 9.63. The van der Waals surface area contributed by atoms with E-state index in [1.165, 1.54) is 6.92 Å². The molecule has 0 rings (SSSR count). The van der Waals surface area contributed by atoms with Gasteiger partial charge in [0, 0.05) is 6.92 Å². The first-order valence-corrected chi connectivity index (χ1v) is 1.61. The van der Waals surface area contributed by atoms with Crippen molar-refractivity contribution in [3.05, 3.63) is 0 Å². The van der Waals surface area contributed by atoms with Crippen LogP contribution in [0.15, 0.2) is 0 Å². The lowest BCUT2D eigenvalue weighted by atomic mass is 10.8. The van der Waals surface area contributed by atoms with Gasteiger partial charge in [-0.05, 0) is 0 Å². The van der Waals surface area contributed by atoms with Crippen LogP contribution in [0.3, 0.4) is 0 Å². The van der Waals surface area contributed by atoms with Crippen LogP contribution in [-0.2, 0) is 9.53 Å². The molecule has 0 fully saturated rings. The van der Waals surface area contributed by atoms with Gasteiger partial charge in [-0.2, -0.15) is 0 Å². The lowest BCUT2D eigenvalue weighted by Crippen LogP contribution is -2.07. The third-order valence-corrected chi connectivity index (χ3v) is 0.287. The number of hydrogen-bond donors (Lipinski definition) is 1. The van der Waals surface area contributed by atoms with Gasteiger partial charge in [0.1, 0.15) is 6.73 Å². The summed E-state index contributed by atoms with van der Waals surface area (Å²) in [6, 6.07) is 0. The van der Waals surface area contributed by atoms with Gasteiger partial charge in [0.2, 0.25) is 0 Å². The van der Waals surface area contributed by atoms with Gasteiger partial charge in [0.05, 0.1) is 0 Å². The molecule has 0 aliphatic carbocycles. The number of nitrogens with two attached hydrogens (primary N) is 1. The highest BCUT2D eigenvalue weighted by Crippen LogP contribution is 1.64. The zero-order chi connectivity index (χ0) is 4.99. The van der Waals surface area contributed by atoms with Crippen LogP contribution in [0, 0.1) is 0 Å². The first-order valence-electron chi connectivity index (χ1n) is 1.61. The minimum absolute atomic E-state index is 0. The average Bonchev–Trinajstić information content (AvgIpc) is 1.35. The summed E-state index contributed by atoms with van der Waals surface area (Å²) in [4.78, 5) is 9.74. The summed E-state index contributed by atoms with van der Waals surface area (Å²) in [5.41, 5.74) is 4.79. The molecule has 0 saturated heterocycles. The molecule has 0 aliphatic heterocycles. The number of esters is 1. The summed E-state index contributed by atoms with van der Waals surface area (Å²) in [5.74, 6) is -0.336. The van der Waals surface area contributed by atoms with Crippen LogP contribution in [0.4, 0.5) is 0 Å². The van der Waals surface area contributed by atoms with Crippen LogP contribution >= 0.6 is 0 Å². The molecule has 0 heterocycles. The monoisotopic (exact) mass is 107 g/mol. The molecular formula is C3H9NO3. The summed E-state index contributed by atoms with van der Waals surface area (Å²) in [7, 11) is 0. The van der Waals surface area contributed by atoms with Crippen molar-refractivity contribution in [3.8, 4) is 0 Å². The molecule has 44 valence electrons. The summed E-state index contributed by atoms with van der Waals surface area (Å²) in [6.45, 7) is 1.29. The van der Waals surface area contributed by atoms with Crippen LogP contribution in [0.25, 0.3) is 0 Å². The molecular weight excluding hydrogens is 98.0 g/mol. The molecule has 4 N–H and O–H groups in total. The smallest absolute Gasteiger partial charge is 0.303 e. The van der Waals surface area contributed by atoms with Crippen molar-refractivity contribution in [2.24, 2.45) is 5.73 Å². The fourth-order valence-corrected chi connectivity index (χ4v) is 0.117. The van der Waals surface area contributed by atoms with E-state index in [0.717, 1.165) is 0 Å². The normalized spacial score (nSPS) is 6.57.